The second kappa shape index (κ2) is 3.26. The van der Waals surface area contributed by atoms with Crippen LogP contribution in [0.15, 0.2) is 6.33 Å². The number of hydrazine groups is 1. The highest BCUT2D eigenvalue weighted by molar-refractivity contribution is 5.54. The number of anilines is 1. The first-order chi connectivity index (χ1) is 6.70. The first-order valence-corrected chi connectivity index (χ1v) is 4.37. The van der Waals surface area contributed by atoms with Crippen molar-refractivity contribution in [2.75, 3.05) is 18.1 Å². The van der Waals surface area contributed by atoms with Crippen LogP contribution in [0.25, 0.3) is 0 Å². The van der Waals surface area contributed by atoms with Crippen LogP contribution in [0.3, 0.4) is 0 Å². The molecule has 1 aromatic rings. The summed E-state index contributed by atoms with van der Waals surface area (Å²) < 4.78 is 1.65. The fourth-order valence-electron chi connectivity index (χ4n) is 1.56. The third-order valence-electron chi connectivity index (χ3n) is 2.18. The molecule has 0 bridgehead atoms. The molecule has 2 rings (SSSR count). The van der Waals surface area contributed by atoms with Gasteiger partial charge < -0.3 is 10.1 Å². The quantitative estimate of drug-likeness (QED) is 0.535. The summed E-state index contributed by atoms with van der Waals surface area (Å²) in [7, 11) is 1.75. The Morgan fingerprint density at radius 1 is 1.71 bits per heavy atom. The van der Waals surface area contributed by atoms with Gasteiger partial charge in [0, 0.05) is 20.1 Å². The van der Waals surface area contributed by atoms with Gasteiger partial charge in [-0.2, -0.15) is 0 Å². The zero-order valence-corrected chi connectivity index (χ0v) is 7.80. The SMILES string of the molecule is Cn1cnc([N+](=O)[O-])c1N1CCCN1. The molecule has 1 N–H and O–H groups in total. The van der Waals surface area contributed by atoms with E-state index in [4.69, 9.17) is 0 Å². The molecule has 1 aliphatic rings. The first kappa shape index (κ1) is 8.95. The van der Waals surface area contributed by atoms with Crippen LogP contribution >= 0.6 is 0 Å². The van der Waals surface area contributed by atoms with Crippen molar-refractivity contribution in [3.05, 3.63) is 16.4 Å². The number of nitrogens with one attached hydrogen (secondary N) is 1. The zero-order valence-electron chi connectivity index (χ0n) is 7.80. The Morgan fingerprint density at radius 3 is 3.07 bits per heavy atom. The third kappa shape index (κ3) is 1.31. The molecular weight excluding hydrogens is 186 g/mol. The fraction of sp³-hybridized carbons (Fsp3) is 0.571. The lowest BCUT2D eigenvalue weighted by molar-refractivity contribution is -0.388. The summed E-state index contributed by atoms with van der Waals surface area (Å²) in [5.74, 6) is 0.425. The summed E-state index contributed by atoms with van der Waals surface area (Å²) in [6.07, 6.45) is 2.44. The van der Waals surface area contributed by atoms with E-state index in [1.54, 1.807) is 16.6 Å². The van der Waals surface area contributed by atoms with Crippen molar-refractivity contribution >= 4 is 11.6 Å². The molecule has 7 nitrogen and oxygen atoms in total. The van der Waals surface area contributed by atoms with Crippen molar-refractivity contribution in [1.82, 2.24) is 15.0 Å². The van der Waals surface area contributed by atoms with E-state index >= 15 is 0 Å². The fourth-order valence-corrected chi connectivity index (χ4v) is 1.56. The van der Waals surface area contributed by atoms with Gasteiger partial charge in [0.2, 0.25) is 12.1 Å². The Morgan fingerprint density at radius 2 is 2.50 bits per heavy atom. The molecule has 1 aromatic heterocycles. The van der Waals surface area contributed by atoms with E-state index in [1.165, 1.54) is 6.33 Å². The highest BCUT2D eigenvalue weighted by Gasteiger charge is 2.27. The van der Waals surface area contributed by atoms with Crippen LogP contribution in [-0.4, -0.2) is 27.6 Å². The van der Waals surface area contributed by atoms with E-state index < -0.39 is 4.92 Å². The van der Waals surface area contributed by atoms with E-state index in [1.807, 2.05) is 0 Å². The molecule has 0 spiro atoms. The molecule has 0 radical (unpaired) electrons. The normalized spacial score (nSPS) is 16.2. The Labute approximate surface area is 80.5 Å². The molecule has 14 heavy (non-hydrogen) atoms. The third-order valence-corrected chi connectivity index (χ3v) is 2.18. The summed E-state index contributed by atoms with van der Waals surface area (Å²) >= 11 is 0. The number of aryl methyl sites for hydroxylation is 1. The van der Waals surface area contributed by atoms with Gasteiger partial charge in [-0.05, 0) is 16.3 Å². The zero-order chi connectivity index (χ0) is 10.1. The number of imidazole rings is 1. The molecule has 1 fully saturated rings. The maximum atomic E-state index is 10.7. The average molecular weight is 197 g/mol. The van der Waals surface area contributed by atoms with E-state index in [0.29, 0.717) is 5.82 Å². The molecule has 0 saturated carbocycles. The highest BCUT2D eigenvalue weighted by Crippen LogP contribution is 2.25. The molecule has 0 aromatic carbocycles. The number of rotatable bonds is 2. The molecule has 76 valence electrons. The number of nitro groups is 1. The minimum Gasteiger partial charge on any atom is -0.358 e. The van der Waals surface area contributed by atoms with Gasteiger partial charge in [-0.3, -0.25) is 9.58 Å². The molecule has 0 atom stereocenters. The van der Waals surface area contributed by atoms with E-state index in [9.17, 15) is 10.1 Å². The van der Waals surface area contributed by atoms with E-state index in [0.717, 1.165) is 19.5 Å². The summed E-state index contributed by atoms with van der Waals surface area (Å²) in [5, 5.41) is 12.4. The lowest BCUT2D eigenvalue weighted by atomic mass is 10.4. The van der Waals surface area contributed by atoms with E-state index in [-0.39, 0.29) is 5.82 Å². The molecule has 7 heteroatoms. The van der Waals surface area contributed by atoms with Crippen molar-refractivity contribution in [3.63, 3.8) is 0 Å². The van der Waals surface area contributed by atoms with Crippen LogP contribution in [0.1, 0.15) is 6.42 Å². The minimum absolute atomic E-state index is 0.0955. The van der Waals surface area contributed by atoms with Crippen molar-refractivity contribution in [3.8, 4) is 0 Å². The van der Waals surface area contributed by atoms with Crippen molar-refractivity contribution in [2.24, 2.45) is 7.05 Å². The topological polar surface area (TPSA) is 76.2 Å². The van der Waals surface area contributed by atoms with Gasteiger partial charge in [0.05, 0.1) is 0 Å². The van der Waals surface area contributed by atoms with E-state index in [2.05, 4.69) is 10.4 Å². The number of aromatic nitrogens is 2. The molecule has 0 unspecified atom stereocenters. The lowest BCUT2D eigenvalue weighted by Crippen LogP contribution is -2.32. The van der Waals surface area contributed by atoms with Gasteiger partial charge in [0.1, 0.15) is 0 Å². The lowest BCUT2D eigenvalue weighted by Gasteiger charge is -2.16. The summed E-state index contributed by atoms with van der Waals surface area (Å²) in [4.78, 5) is 13.9. The standard InChI is InChI=1S/C7H11N5O2/c1-10-5-8-6(12(13)14)7(10)11-4-2-3-9-11/h5,9H,2-4H2,1H3. The Bertz CT molecular complexity index is 355. The van der Waals surface area contributed by atoms with Crippen molar-refractivity contribution in [1.29, 1.82) is 0 Å². The largest absolute Gasteiger partial charge is 0.407 e. The molecule has 1 saturated heterocycles. The smallest absolute Gasteiger partial charge is 0.358 e. The summed E-state index contributed by atoms with van der Waals surface area (Å²) in [5.41, 5.74) is 3.06. The maximum Gasteiger partial charge on any atom is 0.407 e. The van der Waals surface area contributed by atoms with Gasteiger partial charge in [0.15, 0.2) is 0 Å². The van der Waals surface area contributed by atoms with Crippen molar-refractivity contribution in [2.45, 2.75) is 6.42 Å². The van der Waals surface area contributed by atoms with Gasteiger partial charge in [0.25, 0.3) is 0 Å². The first-order valence-electron chi connectivity index (χ1n) is 4.37. The highest BCUT2D eigenvalue weighted by atomic mass is 16.6. The van der Waals surface area contributed by atoms with Gasteiger partial charge >= 0.3 is 5.82 Å². The Kier molecular flexibility index (Phi) is 2.08. The summed E-state index contributed by atoms with van der Waals surface area (Å²) in [6, 6.07) is 0. The minimum atomic E-state index is -0.463. The predicted octanol–water partition coefficient (Wildman–Crippen LogP) is 0.0430. The van der Waals surface area contributed by atoms with Crippen LogP contribution in [-0.2, 0) is 7.05 Å². The van der Waals surface area contributed by atoms with Gasteiger partial charge in [-0.15, -0.1) is 0 Å². The molecule has 0 amide bonds. The Hall–Kier alpha value is -1.63. The maximum absolute atomic E-state index is 10.7. The van der Waals surface area contributed by atoms with Crippen LogP contribution in [0, 0.1) is 10.1 Å². The number of hydrogen-bond acceptors (Lipinski definition) is 5. The Balaban J connectivity index is 2.38. The van der Waals surface area contributed by atoms with Crippen LogP contribution in [0.5, 0.6) is 0 Å². The molecule has 1 aliphatic heterocycles. The monoisotopic (exact) mass is 197 g/mol. The second-order valence-electron chi connectivity index (χ2n) is 3.17. The van der Waals surface area contributed by atoms with Gasteiger partial charge in [-0.25, -0.2) is 5.43 Å². The average Bonchev–Trinajstić information content (AvgIpc) is 2.71. The second-order valence-corrected chi connectivity index (χ2v) is 3.17. The molecular formula is C7H11N5O2. The predicted molar refractivity (Wildman–Crippen MR) is 49.8 cm³/mol. The van der Waals surface area contributed by atoms with Gasteiger partial charge in [-0.1, -0.05) is 0 Å². The number of hydrogen-bond donors (Lipinski definition) is 1. The molecule has 2 heterocycles. The van der Waals surface area contributed by atoms with Crippen LogP contribution < -0.4 is 10.4 Å². The summed E-state index contributed by atoms with van der Waals surface area (Å²) in [6.45, 7) is 1.63. The number of nitrogens with zero attached hydrogens (tertiary/aromatic N) is 4. The van der Waals surface area contributed by atoms with Crippen LogP contribution in [0.2, 0.25) is 0 Å². The molecule has 0 aliphatic carbocycles. The van der Waals surface area contributed by atoms with Crippen LogP contribution in [0.4, 0.5) is 11.6 Å². The van der Waals surface area contributed by atoms with Crippen molar-refractivity contribution < 1.29 is 4.92 Å².